The second-order valence-corrected chi connectivity index (χ2v) is 4.93. The standard InChI is InChI=1S/C12H18ClNO2/c1-12(2,7-15)11(14)8-4-5-9(13)10(6-8)16-3/h4-6,11,15H,7,14H2,1-3H3/t11-/m0/s1. The maximum Gasteiger partial charge on any atom is 0.137 e. The van der Waals surface area contributed by atoms with Gasteiger partial charge in [-0.1, -0.05) is 31.5 Å². The molecule has 1 rings (SSSR count). The summed E-state index contributed by atoms with van der Waals surface area (Å²) < 4.78 is 5.13. The zero-order chi connectivity index (χ0) is 12.3. The molecule has 0 amide bonds. The highest BCUT2D eigenvalue weighted by Crippen LogP contribution is 2.34. The van der Waals surface area contributed by atoms with Crippen LogP contribution in [-0.4, -0.2) is 18.8 Å². The lowest BCUT2D eigenvalue weighted by Crippen LogP contribution is -2.32. The van der Waals surface area contributed by atoms with Crippen molar-refractivity contribution < 1.29 is 9.84 Å². The zero-order valence-electron chi connectivity index (χ0n) is 9.83. The van der Waals surface area contributed by atoms with Gasteiger partial charge in [0, 0.05) is 18.1 Å². The van der Waals surface area contributed by atoms with Crippen molar-refractivity contribution in [2.24, 2.45) is 11.1 Å². The van der Waals surface area contributed by atoms with E-state index in [1.54, 1.807) is 13.2 Å². The first-order chi connectivity index (χ1) is 7.42. The number of hydrogen-bond donors (Lipinski definition) is 2. The Morgan fingerprint density at radius 1 is 1.50 bits per heavy atom. The minimum atomic E-state index is -0.376. The molecule has 0 aliphatic heterocycles. The molecule has 0 unspecified atom stereocenters. The zero-order valence-corrected chi connectivity index (χ0v) is 10.6. The van der Waals surface area contributed by atoms with Crippen LogP contribution in [0, 0.1) is 5.41 Å². The molecule has 0 saturated carbocycles. The van der Waals surface area contributed by atoms with Crippen molar-refractivity contribution in [2.45, 2.75) is 19.9 Å². The summed E-state index contributed by atoms with van der Waals surface area (Å²) in [6, 6.07) is 5.16. The summed E-state index contributed by atoms with van der Waals surface area (Å²) >= 11 is 5.93. The molecule has 3 nitrogen and oxygen atoms in total. The molecular formula is C12H18ClNO2. The van der Waals surface area contributed by atoms with Crippen molar-refractivity contribution in [1.82, 2.24) is 0 Å². The van der Waals surface area contributed by atoms with Crippen molar-refractivity contribution in [3.8, 4) is 5.75 Å². The van der Waals surface area contributed by atoms with Crippen molar-refractivity contribution in [3.05, 3.63) is 28.8 Å². The SMILES string of the molecule is COc1cc([C@H](N)C(C)(C)CO)ccc1Cl. The molecule has 90 valence electrons. The smallest absolute Gasteiger partial charge is 0.137 e. The number of aliphatic hydroxyl groups excluding tert-OH is 1. The Balaban J connectivity index is 3.05. The van der Waals surface area contributed by atoms with Crippen LogP contribution in [0.2, 0.25) is 5.02 Å². The maximum absolute atomic E-state index is 9.27. The number of halogens is 1. The number of nitrogens with two attached hydrogens (primary N) is 1. The fourth-order valence-electron chi connectivity index (χ4n) is 1.42. The third-order valence-electron chi connectivity index (χ3n) is 2.78. The first-order valence-electron chi connectivity index (χ1n) is 5.12. The monoisotopic (exact) mass is 243 g/mol. The number of hydrogen-bond acceptors (Lipinski definition) is 3. The Morgan fingerprint density at radius 2 is 2.12 bits per heavy atom. The second-order valence-electron chi connectivity index (χ2n) is 4.52. The molecule has 16 heavy (non-hydrogen) atoms. The van der Waals surface area contributed by atoms with Gasteiger partial charge in [0.15, 0.2) is 0 Å². The second kappa shape index (κ2) is 5.04. The largest absolute Gasteiger partial charge is 0.495 e. The van der Waals surface area contributed by atoms with Crippen molar-refractivity contribution in [3.63, 3.8) is 0 Å². The van der Waals surface area contributed by atoms with Crippen LogP contribution in [0.1, 0.15) is 25.5 Å². The van der Waals surface area contributed by atoms with E-state index in [0.717, 1.165) is 5.56 Å². The van der Waals surface area contributed by atoms with Crippen LogP contribution < -0.4 is 10.5 Å². The first kappa shape index (κ1) is 13.3. The molecule has 0 fully saturated rings. The predicted molar refractivity (Wildman–Crippen MR) is 65.8 cm³/mol. The van der Waals surface area contributed by atoms with Gasteiger partial charge in [-0.2, -0.15) is 0 Å². The minimum absolute atomic E-state index is 0.0269. The quantitative estimate of drug-likeness (QED) is 0.854. The van der Waals surface area contributed by atoms with E-state index in [1.807, 2.05) is 26.0 Å². The Labute approximate surface area is 101 Å². The van der Waals surface area contributed by atoms with E-state index in [1.165, 1.54) is 0 Å². The molecule has 1 aromatic rings. The molecule has 0 aliphatic rings. The summed E-state index contributed by atoms with van der Waals surface area (Å²) in [4.78, 5) is 0. The summed E-state index contributed by atoms with van der Waals surface area (Å²) in [5.74, 6) is 0.600. The molecule has 1 aromatic carbocycles. The van der Waals surface area contributed by atoms with Gasteiger partial charge in [-0.15, -0.1) is 0 Å². The molecule has 0 heterocycles. The van der Waals surface area contributed by atoms with Gasteiger partial charge in [0.2, 0.25) is 0 Å². The van der Waals surface area contributed by atoms with E-state index in [9.17, 15) is 5.11 Å². The number of benzene rings is 1. The van der Waals surface area contributed by atoms with E-state index in [4.69, 9.17) is 22.1 Å². The highest BCUT2D eigenvalue weighted by atomic mass is 35.5. The van der Waals surface area contributed by atoms with Gasteiger partial charge in [-0.25, -0.2) is 0 Å². The molecule has 3 N–H and O–H groups in total. The summed E-state index contributed by atoms with van der Waals surface area (Å²) in [5, 5.41) is 9.83. The summed E-state index contributed by atoms with van der Waals surface area (Å²) in [7, 11) is 1.56. The fourth-order valence-corrected chi connectivity index (χ4v) is 1.61. The molecule has 0 saturated heterocycles. The first-order valence-corrected chi connectivity index (χ1v) is 5.50. The summed E-state index contributed by atoms with van der Waals surface area (Å²) in [6.45, 7) is 3.86. The van der Waals surface area contributed by atoms with Crippen LogP contribution in [0.4, 0.5) is 0 Å². The normalized spacial score (nSPS) is 13.6. The van der Waals surface area contributed by atoms with E-state index >= 15 is 0 Å². The summed E-state index contributed by atoms with van der Waals surface area (Å²) in [5.41, 5.74) is 6.63. The third kappa shape index (κ3) is 2.67. The highest BCUT2D eigenvalue weighted by Gasteiger charge is 2.27. The lowest BCUT2D eigenvalue weighted by molar-refractivity contribution is 0.132. The predicted octanol–water partition coefficient (Wildman–Crippen LogP) is 2.37. The maximum atomic E-state index is 9.27. The summed E-state index contributed by atoms with van der Waals surface area (Å²) in [6.07, 6.45) is 0. The van der Waals surface area contributed by atoms with Crippen LogP contribution >= 0.6 is 11.6 Å². The fraction of sp³-hybridized carbons (Fsp3) is 0.500. The van der Waals surface area contributed by atoms with Crippen LogP contribution in [0.3, 0.4) is 0 Å². The van der Waals surface area contributed by atoms with Gasteiger partial charge >= 0.3 is 0 Å². The molecule has 0 bridgehead atoms. The Hall–Kier alpha value is -0.770. The molecule has 0 aromatic heterocycles. The molecule has 1 atom stereocenters. The van der Waals surface area contributed by atoms with Gasteiger partial charge < -0.3 is 15.6 Å². The average molecular weight is 244 g/mol. The van der Waals surface area contributed by atoms with E-state index in [-0.39, 0.29) is 18.1 Å². The van der Waals surface area contributed by atoms with Crippen molar-refractivity contribution >= 4 is 11.6 Å². The third-order valence-corrected chi connectivity index (χ3v) is 3.10. The molecule has 0 aliphatic carbocycles. The molecule has 4 heteroatoms. The molecule has 0 radical (unpaired) electrons. The topological polar surface area (TPSA) is 55.5 Å². The Kier molecular flexibility index (Phi) is 4.19. The van der Waals surface area contributed by atoms with Crippen LogP contribution in [0.5, 0.6) is 5.75 Å². The van der Waals surface area contributed by atoms with Gasteiger partial charge in [-0.3, -0.25) is 0 Å². The molecular weight excluding hydrogens is 226 g/mol. The number of methoxy groups -OCH3 is 1. The van der Waals surface area contributed by atoms with Crippen LogP contribution in [0.25, 0.3) is 0 Å². The van der Waals surface area contributed by atoms with Crippen molar-refractivity contribution in [1.29, 1.82) is 0 Å². The highest BCUT2D eigenvalue weighted by molar-refractivity contribution is 6.32. The minimum Gasteiger partial charge on any atom is -0.495 e. The lowest BCUT2D eigenvalue weighted by atomic mass is 9.82. The Morgan fingerprint density at radius 3 is 2.62 bits per heavy atom. The van der Waals surface area contributed by atoms with Gasteiger partial charge in [0.05, 0.1) is 12.1 Å². The van der Waals surface area contributed by atoms with Crippen molar-refractivity contribution in [2.75, 3.05) is 13.7 Å². The van der Waals surface area contributed by atoms with E-state index in [0.29, 0.717) is 10.8 Å². The number of rotatable bonds is 4. The number of ether oxygens (including phenoxy) is 1. The van der Waals surface area contributed by atoms with Gasteiger partial charge in [-0.05, 0) is 17.7 Å². The lowest BCUT2D eigenvalue weighted by Gasteiger charge is -2.30. The van der Waals surface area contributed by atoms with Crippen LogP contribution in [-0.2, 0) is 0 Å². The van der Waals surface area contributed by atoms with E-state index in [2.05, 4.69) is 0 Å². The van der Waals surface area contributed by atoms with E-state index < -0.39 is 0 Å². The van der Waals surface area contributed by atoms with Gasteiger partial charge in [0.25, 0.3) is 0 Å². The molecule has 0 spiro atoms. The number of aliphatic hydroxyl groups is 1. The van der Waals surface area contributed by atoms with Gasteiger partial charge in [0.1, 0.15) is 5.75 Å². The van der Waals surface area contributed by atoms with Crippen LogP contribution in [0.15, 0.2) is 18.2 Å². The Bertz CT molecular complexity index is 366. The average Bonchev–Trinajstić information content (AvgIpc) is 2.28.